The maximum atomic E-state index is 13.1. The summed E-state index contributed by atoms with van der Waals surface area (Å²) in [5.41, 5.74) is 3.52. The minimum absolute atomic E-state index is 0.0505. The van der Waals surface area contributed by atoms with Gasteiger partial charge in [0.25, 0.3) is 0 Å². The van der Waals surface area contributed by atoms with E-state index in [4.69, 9.17) is 16.3 Å². The van der Waals surface area contributed by atoms with Crippen LogP contribution < -0.4 is 10.1 Å². The summed E-state index contributed by atoms with van der Waals surface area (Å²) in [6.07, 6.45) is 2.34. The summed E-state index contributed by atoms with van der Waals surface area (Å²) in [4.78, 5) is 25.5. The number of halogens is 1. The molecule has 0 saturated carbocycles. The molecule has 150 valence electrons. The van der Waals surface area contributed by atoms with Gasteiger partial charge in [0.1, 0.15) is 5.75 Å². The molecule has 0 radical (unpaired) electrons. The lowest BCUT2D eigenvalue weighted by atomic mass is 9.73. The van der Waals surface area contributed by atoms with Gasteiger partial charge in [-0.3, -0.25) is 9.59 Å². The maximum absolute atomic E-state index is 13.1. The molecule has 0 spiro atoms. The summed E-state index contributed by atoms with van der Waals surface area (Å²) in [6.45, 7) is 2.76. The minimum atomic E-state index is -0.226. The Bertz CT molecular complexity index is 964. The highest BCUT2D eigenvalue weighted by Crippen LogP contribution is 2.43. The van der Waals surface area contributed by atoms with Crippen LogP contribution in [-0.2, 0) is 9.59 Å². The Labute approximate surface area is 175 Å². The van der Waals surface area contributed by atoms with Crippen LogP contribution in [-0.4, -0.2) is 18.3 Å². The number of carbonyl (C=O) groups excluding carboxylic acids is 2. The molecule has 1 heterocycles. The van der Waals surface area contributed by atoms with Crippen LogP contribution >= 0.6 is 11.6 Å². The third kappa shape index (κ3) is 4.23. The van der Waals surface area contributed by atoms with E-state index in [1.54, 1.807) is 6.07 Å². The normalized spacial score (nSPS) is 21.6. The first-order valence-corrected chi connectivity index (χ1v) is 10.5. The van der Waals surface area contributed by atoms with Gasteiger partial charge in [0.2, 0.25) is 5.91 Å². The second-order valence-electron chi connectivity index (χ2n) is 7.70. The number of hydrogen-bond acceptors (Lipinski definition) is 3. The number of ketones is 1. The molecule has 0 saturated heterocycles. The van der Waals surface area contributed by atoms with E-state index in [-0.39, 0.29) is 29.9 Å². The third-order valence-corrected chi connectivity index (χ3v) is 5.85. The number of carbonyl (C=O) groups is 2. The fourth-order valence-electron chi connectivity index (χ4n) is 4.26. The van der Waals surface area contributed by atoms with Crippen molar-refractivity contribution in [2.24, 2.45) is 0 Å². The molecule has 1 aliphatic carbocycles. The topological polar surface area (TPSA) is 55.4 Å². The van der Waals surface area contributed by atoms with Crippen LogP contribution in [0.1, 0.15) is 55.6 Å². The van der Waals surface area contributed by atoms with Crippen molar-refractivity contribution in [2.45, 2.75) is 44.4 Å². The lowest BCUT2D eigenvalue weighted by Crippen LogP contribution is -2.38. The van der Waals surface area contributed by atoms with E-state index < -0.39 is 0 Å². The van der Waals surface area contributed by atoms with Gasteiger partial charge in [-0.1, -0.05) is 42.8 Å². The monoisotopic (exact) mass is 409 g/mol. The number of hydrogen-bond donors (Lipinski definition) is 1. The van der Waals surface area contributed by atoms with Crippen LogP contribution in [0.3, 0.4) is 0 Å². The van der Waals surface area contributed by atoms with Gasteiger partial charge in [0.15, 0.2) is 5.78 Å². The van der Waals surface area contributed by atoms with Gasteiger partial charge in [0, 0.05) is 35.1 Å². The van der Waals surface area contributed by atoms with Crippen LogP contribution in [0.5, 0.6) is 5.75 Å². The molecular formula is C24H24ClNO3. The van der Waals surface area contributed by atoms with Crippen molar-refractivity contribution < 1.29 is 14.3 Å². The first kappa shape index (κ1) is 19.7. The van der Waals surface area contributed by atoms with E-state index >= 15 is 0 Å². The maximum Gasteiger partial charge on any atom is 0.225 e. The van der Waals surface area contributed by atoms with Crippen molar-refractivity contribution >= 4 is 23.3 Å². The highest BCUT2D eigenvalue weighted by molar-refractivity contribution is 6.30. The van der Waals surface area contributed by atoms with Gasteiger partial charge >= 0.3 is 0 Å². The number of nitrogens with one attached hydrogen (secondary N) is 1. The predicted molar refractivity (Wildman–Crippen MR) is 113 cm³/mol. The summed E-state index contributed by atoms with van der Waals surface area (Å²) in [5.74, 6) is 0.721. The van der Waals surface area contributed by atoms with Gasteiger partial charge in [0.05, 0.1) is 6.61 Å². The molecule has 29 heavy (non-hydrogen) atoms. The van der Waals surface area contributed by atoms with Gasteiger partial charge in [-0.05, 0) is 54.2 Å². The predicted octanol–water partition coefficient (Wildman–Crippen LogP) is 5.13. The average molecular weight is 410 g/mol. The summed E-state index contributed by atoms with van der Waals surface area (Å²) in [6, 6.07) is 15.4. The molecule has 2 aromatic carbocycles. The van der Waals surface area contributed by atoms with Crippen molar-refractivity contribution in [3.8, 4) is 5.75 Å². The van der Waals surface area contributed by atoms with Crippen molar-refractivity contribution in [3.63, 3.8) is 0 Å². The smallest absolute Gasteiger partial charge is 0.225 e. The van der Waals surface area contributed by atoms with Crippen LogP contribution in [0.25, 0.3) is 0 Å². The third-order valence-electron chi connectivity index (χ3n) is 5.61. The van der Waals surface area contributed by atoms with Gasteiger partial charge in [-0.15, -0.1) is 0 Å². The van der Waals surface area contributed by atoms with Crippen molar-refractivity contribution in [2.75, 3.05) is 6.61 Å². The summed E-state index contributed by atoms with van der Waals surface area (Å²) in [5, 5.41) is 3.58. The Morgan fingerprint density at radius 3 is 2.55 bits per heavy atom. The summed E-state index contributed by atoms with van der Waals surface area (Å²) < 4.78 is 5.65. The highest BCUT2D eigenvalue weighted by atomic mass is 35.5. The first-order chi connectivity index (χ1) is 14.0. The Balaban J connectivity index is 1.61. The van der Waals surface area contributed by atoms with Crippen molar-refractivity contribution in [1.82, 2.24) is 5.32 Å². The fourth-order valence-corrected chi connectivity index (χ4v) is 4.46. The Kier molecular flexibility index (Phi) is 5.72. The molecule has 1 aliphatic heterocycles. The van der Waals surface area contributed by atoms with Crippen molar-refractivity contribution in [3.05, 3.63) is 76.0 Å². The molecule has 0 fully saturated rings. The second-order valence-corrected chi connectivity index (χ2v) is 8.13. The molecule has 2 aliphatic rings. The largest absolute Gasteiger partial charge is 0.494 e. The SMILES string of the molecule is CCCOc1ccc(C2CC(=O)C3=C(C2)NC(=O)CC3c2cccc(Cl)c2)cc1. The highest BCUT2D eigenvalue weighted by Gasteiger charge is 2.38. The van der Waals surface area contributed by atoms with Crippen LogP contribution in [0.4, 0.5) is 0 Å². The molecule has 4 nitrogen and oxygen atoms in total. The quantitative estimate of drug-likeness (QED) is 0.744. The van der Waals surface area contributed by atoms with Gasteiger partial charge < -0.3 is 10.1 Å². The Hall–Kier alpha value is -2.59. The number of benzene rings is 2. The first-order valence-electron chi connectivity index (χ1n) is 10.1. The molecule has 2 atom stereocenters. The van der Waals surface area contributed by atoms with E-state index in [2.05, 4.69) is 12.2 Å². The molecule has 1 N–H and O–H groups in total. The average Bonchev–Trinajstić information content (AvgIpc) is 2.71. The molecular weight excluding hydrogens is 386 g/mol. The lowest BCUT2D eigenvalue weighted by Gasteiger charge is -2.34. The van der Waals surface area contributed by atoms with Crippen molar-refractivity contribution in [1.29, 1.82) is 0 Å². The van der Waals surface area contributed by atoms with Crippen LogP contribution in [0, 0.1) is 0 Å². The minimum Gasteiger partial charge on any atom is -0.494 e. The molecule has 4 rings (SSSR count). The fraction of sp³-hybridized carbons (Fsp3) is 0.333. The number of rotatable bonds is 5. The molecule has 0 bridgehead atoms. The molecule has 2 unspecified atom stereocenters. The number of Topliss-reactive ketones (excluding diaryl/α,β-unsaturated/α-hetero) is 1. The van der Waals surface area contributed by atoms with E-state index in [0.717, 1.165) is 34.6 Å². The second kappa shape index (κ2) is 8.42. The Morgan fingerprint density at radius 1 is 1.03 bits per heavy atom. The van der Waals surface area contributed by atoms with E-state index in [1.165, 1.54) is 0 Å². The summed E-state index contributed by atoms with van der Waals surface area (Å²) in [7, 11) is 0. The zero-order chi connectivity index (χ0) is 20.4. The number of amides is 1. The van der Waals surface area contributed by atoms with Gasteiger partial charge in [-0.2, -0.15) is 0 Å². The number of ether oxygens (including phenoxy) is 1. The zero-order valence-electron chi connectivity index (χ0n) is 16.4. The Morgan fingerprint density at radius 2 is 1.83 bits per heavy atom. The van der Waals surface area contributed by atoms with E-state index in [1.807, 2.05) is 42.5 Å². The van der Waals surface area contributed by atoms with Crippen LogP contribution in [0.2, 0.25) is 5.02 Å². The number of allylic oxidation sites excluding steroid dienone is 2. The molecule has 5 heteroatoms. The standard InChI is InChI=1S/C24H24ClNO3/c1-2-10-29-19-8-6-15(7-9-19)17-12-21-24(22(27)13-17)20(14-23(28)26-21)16-4-3-5-18(25)11-16/h3-9,11,17,20H,2,10,12-14H2,1H3,(H,26,28). The van der Waals surface area contributed by atoms with E-state index in [0.29, 0.717) is 24.5 Å². The molecule has 0 aromatic heterocycles. The molecule has 2 aromatic rings. The van der Waals surface area contributed by atoms with Gasteiger partial charge in [-0.25, -0.2) is 0 Å². The summed E-state index contributed by atoms with van der Waals surface area (Å²) >= 11 is 6.15. The molecule has 1 amide bonds. The van der Waals surface area contributed by atoms with Crippen LogP contribution in [0.15, 0.2) is 59.8 Å². The zero-order valence-corrected chi connectivity index (χ0v) is 17.2. The lowest BCUT2D eigenvalue weighted by molar-refractivity contribution is -0.122. The van der Waals surface area contributed by atoms with E-state index in [9.17, 15) is 9.59 Å².